The second kappa shape index (κ2) is 11.3. The quantitative estimate of drug-likeness (QED) is 0.412. The van der Waals surface area contributed by atoms with Crippen LogP contribution in [0.5, 0.6) is 17.2 Å². The summed E-state index contributed by atoms with van der Waals surface area (Å²) in [5.74, 6) is -0.565. The first-order chi connectivity index (χ1) is 18.3. The second-order valence-electron chi connectivity index (χ2n) is 8.14. The molecule has 4 rings (SSSR count). The lowest BCUT2D eigenvalue weighted by Gasteiger charge is -2.25. The van der Waals surface area contributed by atoms with Gasteiger partial charge in [-0.15, -0.1) is 0 Å². The van der Waals surface area contributed by atoms with Crippen molar-refractivity contribution in [3.05, 3.63) is 84.5 Å². The maximum Gasteiger partial charge on any atom is 0.341 e. The molecule has 0 amide bonds. The first kappa shape index (κ1) is 26.7. The SMILES string of the molecule is CCOC(=O)C1=C(C)N=c2s/c(=C/c3ccc(OCC(=O)O)c(OC)c3)c(=O)n2[C@H]1c1ccccc1OC. The van der Waals surface area contributed by atoms with Gasteiger partial charge in [0.05, 0.1) is 36.6 Å². The Morgan fingerprint density at radius 3 is 2.53 bits per heavy atom. The Labute approximate surface area is 221 Å². The number of benzene rings is 2. The number of para-hydroxylation sites is 1. The molecular formula is C27H26N2O8S. The van der Waals surface area contributed by atoms with E-state index in [2.05, 4.69) is 4.99 Å². The molecule has 198 valence electrons. The average Bonchev–Trinajstić information content (AvgIpc) is 3.20. The molecule has 0 saturated heterocycles. The lowest BCUT2D eigenvalue weighted by Crippen LogP contribution is -2.40. The van der Waals surface area contributed by atoms with Gasteiger partial charge in [-0.25, -0.2) is 14.6 Å². The number of hydrogen-bond acceptors (Lipinski definition) is 9. The van der Waals surface area contributed by atoms with Crippen LogP contribution >= 0.6 is 11.3 Å². The molecule has 38 heavy (non-hydrogen) atoms. The number of nitrogens with zero attached hydrogens (tertiary/aromatic N) is 2. The van der Waals surface area contributed by atoms with Crippen LogP contribution in [0.3, 0.4) is 0 Å². The molecule has 0 aliphatic carbocycles. The molecule has 1 aromatic heterocycles. The van der Waals surface area contributed by atoms with E-state index in [1.165, 1.54) is 30.1 Å². The first-order valence-corrected chi connectivity index (χ1v) is 12.5. The Kier molecular flexibility index (Phi) is 7.96. The van der Waals surface area contributed by atoms with Crippen molar-refractivity contribution in [3.63, 3.8) is 0 Å². The van der Waals surface area contributed by atoms with E-state index in [9.17, 15) is 14.4 Å². The first-order valence-electron chi connectivity index (χ1n) is 11.6. The van der Waals surface area contributed by atoms with Crippen LogP contribution in [0, 0.1) is 0 Å². The maximum atomic E-state index is 13.8. The Bertz CT molecular complexity index is 1600. The smallest absolute Gasteiger partial charge is 0.341 e. The highest BCUT2D eigenvalue weighted by Crippen LogP contribution is 2.35. The molecule has 0 radical (unpaired) electrons. The summed E-state index contributed by atoms with van der Waals surface area (Å²) in [6.45, 7) is 3.09. The molecule has 2 heterocycles. The number of aromatic nitrogens is 1. The summed E-state index contributed by atoms with van der Waals surface area (Å²) in [7, 11) is 2.97. The van der Waals surface area contributed by atoms with Crippen molar-refractivity contribution in [1.29, 1.82) is 0 Å². The van der Waals surface area contributed by atoms with E-state index in [1.54, 1.807) is 50.3 Å². The molecule has 1 N–H and O–H groups in total. The van der Waals surface area contributed by atoms with E-state index in [1.807, 2.05) is 12.1 Å². The largest absolute Gasteiger partial charge is 0.496 e. The van der Waals surface area contributed by atoms with Crippen molar-refractivity contribution >= 4 is 29.4 Å². The minimum absolute atomic E-state index is 0.173. The summed E-state index contributed by atoms with van der Waals surface area (Å²) < 4.78 is 23.3. The number of rotatable bonds is 9. The number of carbonyl (C=O) groups excluding carboxylic acids is 1. The predicted molar refractivity (Wildman–Crippen MR) is 140 cm³/mol. The minimum Gasteiger partial charge on any atom is -0.496 e. The van der Waals surface area contributed by atoms with Crippen molar-refractivity contribution in [3.8, 4) is 17.2 Å². The molecule has 2 aromatic carbocycles. The van der Waals surface area contributed by atoms with Gasteiger partial charge in [-0.05, 0) is 43.7 Å². The second-order valence-corrected chi connectivity index (χ2v) is 9.15. The van der Waals surface area contributed by atoms with E-state index in [0.29, 0.717) is 37.7 Å². The van der Waals surface area contributed by atoms with Gasteiger partial charge >= 0.3 is 11.9 Å². The molecule has 1 atom stereocenters. The number of thiazole rings is 1. The lowest BCUT2D eigenvalue weighted by molar-refractivity contribution is -0.140. The average molecular weight is 539 g/mol. The summed E-state index contributed by atoms with van der Waals surface area (Å²) in [4.78, 5) is 42.7. The molecule has 0 fully saturated rings. The highest BCUT2D eigenvalue weighted by molar-refractivity contribution is 7.07. The molecule has 0 bridgehead atoms. The number of hydrogen-bond donors (Lipinski definition) is 1. The number of carboxylic acids is 1. The van der Waals surface area contributed by atoms with Crippen LogP contribution in [0.4, 0.5) is 0 Å². The van der Waals surface area contributed by atoms with Gasteiger partial charge in [0.2, 0.25) is 0 Å². The van der Waals surface area contributed by atoms with Crippen LogP contribution in [0.25, 0.3) is 6.08 Å². The number of esters is 1. The number of aliphatic carboxylic acids is 1. The van der Waals surface area contributed by atoms with Gasteiger partial charge in [0.15, 0.2) is 22.9 Å². The van der Waals surface area contributed by atoms with Crippen molar-refractivity contribution < 1.29 is 33.6 Å². The van der Waals surface area contributed by atoms with Crippen LogP contribution in [0.1, 0.15) is 31.0 Å². The zero-order chi connectivity index (χ0) is 27.4. The van der Waals surface area contributed by atoms with Gasteiger partial charge in [0.1, 0.15) is 11.8 Å². The monoisotopic (exact) mass is 538 g/mol. The van der Waals surface area contributed by atoms with Gasteiger partial charge in [-0.2, -0.15) is 0 Å². The highest BCUT2D eigenvalue weighted by Gasteiger charge is 2.34. The fourth-order valence-corrected chi connectivity index (χ4v) is 5.21. The summed E-state index contributed by atoms with van der Waals surface area (Å²) in [6, 6.07) is 11.3. The Morgan fingerprint density at radius 2 is 1.84 bits per heavy atom. The zero-order valence-corrected chi connectivity index (χ0v) is 22.0. The summed E-state index contributed by atoms with van der Waals surface area (Å²) in [6.07, 6.45) is 1.68. The van der Waals surface area contributed by atoms with Crippen LogP contribution in [0.15, 0.2) is 63.5 Å². The van der Waals surface area contributed by atoms with Crippen molar-refractivity contribution in [2.75, 3.05) is 27.4 Å². The molecular weight excluding hydrogens is 512 g/mol. The number of carboxylic acid groups (broad SMARTS) is 1. The topological polar surface area (TPSA) is 126 Å². The molecule has 0 spiro atoms. The number of ether oxygens (including phenoxy) is 4. The van der Waals surface area contributed by atoms with Crippen molar-refractivity contribution in [2.24, 2.45) is 4.99 Å². The number of allylic oxidation sites excluding steroid dienone is 1. The maximum absolute atomic E-state index is 13.8. The van der Waals surface area contributed by atoms with Gasteiger partial charge in [-0.3, -0.25) is 9.36 Å². The summed E-state index contributed by atoms with van der Waals surface area (Å²) >= 11 is 1.18. The van der Waals surface area contributed by atoms with Gasteiger partial charge in [0, 0.05) is 5.56 Å². The molecule has 10 nitrogen and oxygen atoms in total. The fraction of sp³-hybridized carbons (Fsp3) is 0.259. The Morgan fingerprint density at radius 1 is 1.11 bits per heavy atom. The molecule has 1 aliphatic rings. The molecule has 11 heteroatoms. The summed E-state index contributed by atoms with van der Waals surface area (Å²) in [5, 5.41) is 8.88. The van der Waals surface area contributed by atoms with E-state index in [0.717, 1.165) is 0 Å². The van der Waals surface area contributed by atoms with E-state index in [4.69, 9.17) is 24.1 Å². The van der Waals surface area contributed by atoms with E-state index in [-0.39, 0.29) is 23.5 Å². The number of fused-ring (bicyclic) bond motifs is 1. The third-order valence-corrected chi connectivity index (χ3v) is 6.77. The minimum atomic E-state index is -1.11. The fourth-order valence-electron chi connectivity index (χ4n) is 4.16. The lowest BCUT2D eigenvalue weighted by atomic mass is 9.95. The zero-order valence-electron chi connectivity index (χ0n) is 21.2. The number of carbonyl (C=O) groups is 2. The standard InChI is InChI=1S/C27H26N2O8S/c1-5-36-26(33)23-15(2)28-27-29(24(23)17-8-6-7-9-18(17)34-3)25(32)21(38-27)13-16-10-11-19(20(12-16)35-4)37-14-22(30)31/h6-13,24H,5,14H2,1-4H3,(H,30,31)/b21-13+/t24-/m0/s1. The molecule has 0 saturated carbocycles. The third-order valence-electron chi connectivity index (χ3n) is 5.79. The molecule has 3 aromatic rings. The third kappa shape index (κ3) is 5.18. The Balaban J connectivity index is 1.88. The van der Waals surface area contributed by atoms with Gasteiger partial charge in [0.25, 0.3) is 5.56 Å². The predicted octanol–water partition coefficient (Wildman–Crippen LogP) is 2.28. The van der Waals surface area contributed by atoms with Crippen LogP contribution in [-0.2, 0) is 14.3 Å². The van der Waals surface area contributed by atoms with Crippen LogP contribution < -0.4 is 29.1 Å². The molecule has 1 aliphatic heterocycles. The van der Waals surface area contributed by atoms with Gasteiger partial charge in [-0.1, -0.05) is 35.6 Å². The van der Waals surface area contributed by atoms with E-state index < -0.39 is 24.6 Å². The van der Waals surface area contributed by atoms with Crippen LogP contribution in [0.2, 0.25) is 0 Å². The van der Waals surface area contributed by atoms with E-state index >= 15 is 0 Å². The molecule has 0 unspecified atom stereocenters. The summed E-state index contributed by atoms with van der Waals surface area (Å²) in [5.41, 5.74) is 1.63. The normalized spacial score (nSPS) is 14.9. The van der Waals surface area contributed by atoms with Gasteiger partial charge < -0.3 is 24.1 Å². The number of methoxy groups -OCH3 is 2. The highest BCUT2D eigenvalue weighted by atomic mass is 32.1. The van der Waals surface area contributed by atoms with Crippen LogP contribution in [-0.4, -0.2) is 49.0 Å². The van der Waals surface area contributed by atoms with Crippen molar-refractivity contribution in [2.45, 2.75) is 19.9 Å². The Hall–Kier alpha value is -4.38. The van der Waals surface area contributed by atoms with Crippen molar-refractivity contribution in [1.82, 2.24) is 4.57 Å².